The van der Waals surface area contributed by atoms with Gasteiger partial charge in [0.15, 0.2) is 0 Å². The zero-order valence-corrected chi connectivity index (χ0v) is 15.4. The number of nitrogens with one attached hydrogen (secondary N) is 1. The molecule has 1 aliphatic heterocycles. The van der Waals surface area contributed by atoms with Crippen LogP contribution in [0.3, 0.4) is 0 Å². The molecule has 0 saturated heterocycles. The van der Waals surface area contributed by atoms with E-state index in [1.54, 1.807) is 19.2 Å². The molecule has 26 heavy (non-hydrogen) atoms. The van der Waals surface area contributed by atoms with Crippen molar-refractivity contribution in [3.05, 3.63) is 73.8 Å². The van der Waals surface area contributed by atoms with Crippen LogP contribution in [0.1, 0.15) is 29.5 Å². The summed E-state index contributed by atoms with van der Waals surface area (Å²) in [5, 5.41) is 16.0. The average molecular weight is 391 g/mol. The minimum Gasteiger partial charge on any atom is -0.495 e. The van der Waals surface area contributed by atoms with Crippen molar-refractivity contribution < 1.29 is 9.66 Å². The van der Waals surface area contributed by atoms with Crippen molar-refractivity contribution >= 4 is 34.6 Å². The second kappa shape index (κ2) is 6.49. The van der Waals surface area contributed by atoms with Gasteiger partial charge in [0.2, 0.25) is 0 Å². The summed E-state index contributed by atoms with van der Waals surface area (Å²) in [5.74, 6) is 0.696. The number of anilines is 1. The van der Waals surface area contributed by atoms with Crippen molar-refractivity contribution in [2.75, 3.05) is 12.4 Å². The molecular formula is C19H16Cl2N2O3. The molecule has 0 radical (unpaired) electrons. The molecule has 2 aromatic rings. The molecule has 4 rings (SSSR count). The Kier molecular flexibility index (Phi) is 4.29. The minimum atomic E-state index is -0.331. The van der Waals surface area contributed by atoms with E-state index in [4.69, 9.17) is 27.9 Å². The standard InChI is InChI=1S/C19H16Cl2N2O3/c1-26-16-8-7-15(23(24)25)17-11-3-2-4-12(11)18(22-19(16)17)10-5-6-13(20)14(21)9-10/h2-3,5-9,11-12,18,22H,4H2,1H3/t11-,12+,18+/m0/s1. The predicted molar refractivity (Wildman–Crippen MR) is 102 cm³/mol. The Morgan fingerprint density at radius 1 is 1.23 bits per heavy atom. The molecule has 1 aliphatic carbocycles. The second-order valence-corrected chi connectivity index (χ2v) is 7.30. The maximum absolute atomic E-state index is 11.6. The summed E-state index contributed by atoms with van der Waals surface area (Å²) in [6.07, 6.45) is 4.97. The van der Waals surface area contributed by atoms with Crippen LogP contribution in [0, 0.1) is 16.0 Å². The van der Waals surface area contributed by atoms with Crippen molar-refractivity contribution in [3.63, 3.8) is 0 Å². The normalized spacial score (nSPS) is 23.1. The van der Waals surface area contributed by atoms with Crippen LogP contribution < -0.4 is 10.1 Å². The Labute approximate surface area is 160 Å². The molecule has 0 spiro atoms. The molecule has 2 aromatic carbocycles. The Hall–Kier alpha value is -2.24. The average Bonchev–Trinajstić information content (AvgIpc) is 3.12. The number of benzene rings is 2. The molecule has 0 amide bonds. The maximum Gasteiger partial charge on any atom is 0.275 e. The number of ether oxygens (including phenoxy) is 1. The predicted octanol–water partition coefficient (Wildman–Crippen LogP) is 5.74. The van der Waals surface area contributed by atoms with Crippen LogP contribution in [-0.4, -0.2) is 12.0 Å². The third kappa shape index (κ3) is 2.63. The molecule has 2 aliphatic rings. The van der Waals surface area contributed by atoms with Gasteiger partial charge < -0.3 is 10.1 Å². The van der Waals surface area contributed by atoms with E-state index in [1.165, 1.54) is 6.07 Å². The second-order valence-electron chi connectivity index (χ2n) is 6.48. The summed E-state index contributed by atoms with van der Waals surface area (Å²) in [7, 11) is 1.56. The Bertz CT molecular complexity index is 929. The number of hydrogen-bond acceptors (Lipinski definition) is 4. The fourth-order valence-electron chi connectivity index (χ4n) is 4.03. The van der Waals surface area contributed by atoms with Crippen molar-refractivity contribution in [1.29, 1.82) is 0 Å². The van der Waals surface area contributed by atoms with E-state index in [2.05, 4.69) is 17.5 Å². The first-order valence-corrected chi connectivity index (χ1v) is 9.00. The van der Waals surface area contributed by atoms with E-state index in [-0.39, 0.29) is 28.5 Å². The SMILES string of the molecule is COc1ccc([N+](=O)[O-])c2c1N[C@H](c1ccc(Cl)c(Cl)c1)[C@@H]1CC=C[C@H]21. The highest BCUT2D eigenvalue weighted by Crippen LogP contribution is 2.55. The summed E-state index contributed by atoms with van der Waals surface area (Å²) < 4.78 is 5.47. The molecule has 0 unspecified atom stereocenters. The fourth-order valence-corrected chi connectivity index (χ4v) is 4.33. The Balaban J connectivity index is 1.88. The van der Waals surface area contributed by atoms with E-state index in [0.29, 0.717) is 27.0 Å². The van der Waals surface area contributed by atoms with Gasteiger partial charge in [0.25, 0.3) is 5.69 Å². The van der Waals surface area contributed by atoms with Crippen LogP contribution in [0.5, 0.6) is 5.75 Å². The third-order valence-electron chi connectivity index (χ3n) is 5.18. The fraction of sp³-hybridized carbons (Fsp3) is 0.263. The van der Waals surface area contributed by atoms with Crippen LogP contribution in [-0.2, 0) is 0 Å². The number of nitrogens with zero attached hydrogens (tertiary/aromatic N) is 1. The summed E-state index contributed by atoms with van der Waals surface area (Å²) >= 11 is 12.3. The number of methoxy groups -OCH3 is 1. The van der Waals surface area contributed by atoms with Gasteiger partial charge in [0, 0.05) is 12.0 Å². The van der Waals surface area contributed by atoms with Gasteiger partial charge >= 0.3 is 0 Å². The number of fused-ring (bicyclic) bond motifs is 3. The first-order chi connectivity index (χ1) is 12.5. The number of nitro benzene ring substituents is 1. The van der Waals surface area contributed by atoms with Gasteiger partial charge in [-0.15, -0.1) is 0 Å². The van der Waals surface area contributed by atoms with Crippen molar-refractivity contribution in [3.8, 4) is 5.75 Å². The third-order valence-corrected chi connectivity index (χ3v) is 5.92. The summed E-state index contributed by atoms with van der Waals surface area (Å²) in [5.41, 5.74) is 2.47. The molecule has 0 fully saturated rings. The Morgan fingerprint density at radius 2 is 2.04 bits per heavy atom. The highest BCUT2D eigenvalue weighted by molar-refractivity contribution is 6.42. The maximum atomic E-state index is 11.6. The molecule has 1 N–H and O–H groups in total. The zero-order chi connectivity index (χ0) is 18.4. The summed E-state index contributed by atoms with van der Waals surface area (Å²) in [4.78, 5) is 11.2. The molecular weight excluding hydrogens is 375 g/mol. The number of halogens is 2. The highest BCUT2D eigenvalue weighted by Gasteiger charge is 2.42. The summed E-state index contributed by atoms with van der Waals surface area (Å²) in [6.45, 7) is 0. The van der Waals surface area contributed by atoms with Gasteiger partial charge in [-0.05, 0) is 36.1 Å². The van der Waals surface area contributed by atoms with Gasteiger partial charge in [-0.2, -0.15) is 0 Å². The number of rotatable bonds is 3. The summed E-state index contributed by atoms with van der Waals surface area (Å²) in [6, 6.07) is 8.67. The first-order valence-electron chi connectivity index (χ1n) is 8.24. The minimum absolute atomic E-state index is 0.0480. The molecule has 7 heteroatoms. The van der Waals surface area contributed by atoms with E-state index < -0.39 is 0 Å². The van der Waals surface area contributed by atoms with Crippen LogP contribution in [0.2, 0.25) is 10.0 Å². The van der Waals surface area contributed by atoms with Gasteiger partial charge in [-0.25, -0.2) is 0 Å². The molecule has 0 saturated carbocycles. The lowest BCUT2D eigenvalue weighted by Gasteiger charge is -2.37. The zero-order valence-electron chi connectivity index (χ0n) is 13.9. The lowest BCUT2D eigenvalue weighted by atomic mass is 9.76. The molecule has 1 heterocycles. The quantitative estimate of drug-likeness (QED) is 0.412. The Morgan fingerprint density at radius 3 is 2.73 bits per heavy atom. The molecule has 5 nitrogen and oxygen atoms in total. The molecule has 0 aromatic heterocycles. The van der Waals surface area contributed by atoms with Crippen molar-refractivity contribution in [1.82, 2.24) is 0 Å². The highest BCUT2D eigenvalue weighted by atomic mass is 35.5. The lowest BCUT2D eigenvalue weighted by molar-refractivity contribution is -0.385. The first kappa shape index (κ1) is 17.2. The number of hydrogen-bond donors (Lipinski definition) is 1. The monoisotopic (exact) mass is 390 g/mol. The van der Waals surface area contributed by atoms with E-state index in [1.807, 2.05) is 12.1 Å². The van der Waals surface area contributed by atoms with E-state index in [9.17, 15) is 10.1 Å². The van der Waals surface area contributed by atoms with Gasteiger partial charge in [0.05, 0.1) is 39.4 Å². The largest absolute Gasteiger partial charge is 0.495 e. The van der Waals surface area contributed by atoms with Gasteiger partial charge in [-0.3, -0.25) is 10.1 Å². The van der Waals surface area contributed by atoms with Crippen LogP contribution in [0.25, 0.3) is 0 Å². The van der Waals surface area contributed by atoms with Gasteiger partial charge in [0.1, 0.15) is 5.75 Å². The van der Waals surface area contributed by atoms with Gasteiger partial charge in [-0.1, -0.05) is 41.4 Å². The molecule has 0 bridgehead atoms. The molecule has 134 valence electrons. The molecule has 3 atom stereocenters. The van der Waals surface area contributed by atoms with Crippen molar-refractivity contribution in [2.24, 2.45) is 5.92 Å². The van der Waals surface area contributed by atoms with Crippen LogP contribution in [0.15, 0.2) is 42.5 Å². The topological polar surface area (TPSA) is 64.4 Å². The van der Waals surface area contributed by atoms with Crippen molar-refractivity contribution in [2.45, 2.75) is 18.4 Å². The smallest absolute Gasteiger partial charge is 0.275 e. The number of allylic oxidation sites excluding steroid dienone is 2. The van der Waals surface area contributed by atoms with Crippen LogP contribution >= 0.6 is 23.2 Å². The number of nitro groups is 1. The van der Waals surface area contributed by atoms with E-state index in [0.717, 1.165) is 12.0 Å². The lowest BCUT2D eigenvalue weighted by Crippen LogP contribution is -2.30. The van der Waals surface area contributed by atoms with Crippen LogP contribution in [0.4, 0.5) is 11.4 Å². The van der Waals surface area contributed by atoms with E-state index >= 15 is 0 Å².